The predicted octanol–water partition coefficient (Wildman–Crippen LogP) is 5.47. The minimum absolute atomic E-state index is 0.337. The second kappa shape index (κ2) is 11.4. The van der Waals surface area contributed by atoms with Gasteiger partial charge in [-0.25, -0.2) is 9.50 Å². The molecule has 0 saturated carbocycles. The number of piperidine rings is 1. The van der Waals surface area contributed by atoms with Gasteiger partial charge in [0, 0.05) is 12.1 Å². The molecule has 1 aliphatic heterocycles. The number of fused-ring (bicyclic) bond motifs is 1. The highest BCUT2D eigenvalue weighted by molar-refractivity contribution is 5.71. The number of nitrogens with zero attached hydrogens (tertiary/aromatic N) is 4. The van der Waals surface area contributed by atoms with Crippen LogP contribution < -0.4 is 14.8 Å². The minimum Gasteiger partial charge on any atom is -0.496 e. The number of aromatic nitrogens is 3. The Balaban J connectivity index is 0.00000158. The zero-order valence-corrected chi connectivity index (χ0v) is 20.0. The lowest BCUT2D eigenvalue weighted by molar-refractivity contribution is -0.274. The van der Waals surface area contributed by atoms with E-state index in [1.165, 1.54) is 38.2 Å². The molecular formula is C24H32F3N5O2. The highest BCUT2D eigenvalue weighted by Gasteiger charge is 2.31. The third kappa shape index (κ3) is 6.53. The Kier molecular flexibility index (Phi) is 8.60. The fourth-order valence-electron chi connectivity index (χ4n) is 3.99. The maximum Gasteiger partial charge on any atom is 0.573 e. The normalized spacial score (nSPS) is 15.0. The number of ether oxygens (including phenoxy) is 2. The van der Waals surface area contributed by atoms with Gasteiger partial charge in [-0.05, 0) is 75.6 Å². The Labute approximate surface area is 197 Å². The zero-order valence-electron chi connectivity index (χ0n) is 20.0. The van der Waals surface area contributed by atoms with Gasteiger partial charge in [0.25, 0.3) is 0 Å². The molecule has 1 aliphatic rings. The monoisotopic (exact) mass is 479 g/mol. The van der Waals surface area contributed by atoms with Crippen molar-refractivity contribution in [3.63, 3.8) is 0 Å². The van der Waals surface area contributed by atoms with Gasteiger partial charge >= 0.3 is 6.36 Å². The second-order valence-electron chi connectivity index (χ2n) is 8.00. The zero-order chi connectivity index (χ0) is 24.7. The van der Waals surface area contributed by atoms with E-state index < -0.39 is 6.36 Å². The SMILES string of the molecule is CC.COc1ccc(OC(F)(F)F)cc1-c1cnc2ccc(NCCC3CCN(C)CC3)nn12. The molecule has 1 aromatic carbocycles. The molecule has 7 nitrogen and oxygen atoms in total. The number of halogens is 3. The molecule has 0 atom stereocenters. The second-order valence-corrected chi connectivity index (χ2v) is 8.00. The molecule has 4 rings (SSSR count). The average molecular weight is 480 g/mol. The lowest BCUT2D eigenvalue weighted by Crippen LogP contribution is -2.30. The summed E-state index contributed by atoms with van der Waals surface area (Å²) in [6.07, 6.45) is 0.238. The van der Waals surface area contributed by atoms with E-state index in [4.69, 9.17) is 4.74 Å². The molecule has 0 amide bonds. The van der Waals surface area contributed by atoms with Crippen LogP contribution in [0.2, 0.25) is 0 Å². The van der Waals surface area contributed by atoms with E-state index in [2.05, 4.69) is 32.1 Å². The molecule has 3 heterocycles. The number of hydrogen-bond donors (Lipinski definition) is 1. The maximum absolute atomic E-state index is 12.7. The number of likely N-dealkylation sites (tertiary alicyclic amines) is 1. The summed E-state index contributed by atoms with van der Waals surface area (Å²) in [6, 6.07) is 7.58. The van der Waals surface area contributed by atoms with Crippen LogP contribution in [0.3, 0.4) is 0 Å². The van der Waals surface area contributed by atoms with Crippen LogP contribution in [-0.4, -0.2) is 59.7 Å². The highest BCUT2D eigenvalue weighted by atomic mass is 19.4. The van der Waals surface area contributed by atoms with Crippen molar-refractivity contribution in [1.82, 2.24) is 19.5 Å². The summed E-state index contributed by atoms with van der Waals surface area (Å²) in [4.78, 5) is 6.68. The maximum atomic E-state index is 12.7. The summed E-state index contributed by atoms with van der Waals surface area (Å²) in [5, 5.41) is 7.96. The number of imidazole rings is 1. The van der Waals surface area contributed by atoms with Crippen molar-refractivity contribution in [1.29, 1.82) is 0 Å². The number of alkyl halides is 3. The lowest BCUT2D eigenvalue weighted by Gasteiger charge is -2.28. The van der Waals surface area contributed by atoms with E-state index in [0.717, 1.165) is 26.1 Å². The standard InChI is InChI=1S/C22H26F3N5O2.C2H6/c1-29-11-8-15(9-12-29)7-10-26-20-5-6-21-27-14-18(30(21)28-20)17-13-16(32-22(23,24)25)3-4-19(17)31-2;1-2/h3-6,13-15H,7-12H2,1-2H3,(H,26,28);1-2H3. The van der Waals surface area contributed by atoms with Gasteiger partial charge in [-0.1, -0.05) is 13.8 Å². The van der Waals surface area contributed by atoms with Gasteiger partial charge in [-0.2, -0.15) is 0 Å². The van der Waals surface area contributed by atoms with Crippen molar-refractivity contribution in [2.75, 3.05) is 39.1 Å². The molecular weight excluding hydrogens is 447 g/mol. The van der Waals surface area contributed by atoms with Gasteiger partial charge in [-0.3, -0.25) is 0 Å². The molecule has 0 spiro atoms. The molecule has 34 heavy (non-hydrogen) atoms. The largest absolute Gasteiger partial charge is 0.573 e. The number of methoxy groups -OCH3 is 1. The third-order valence-electron chi connectivity index (χ3n) is 5.74. The highest BCUT2D eigenvalue weighted by Crippen LogP contribution is 2.35. The summed E-state index contributed by atoms with van der Waals surface area (Å²) >= 11 is 0. The van der Waals surface area contributed by atoms with Gasteiger partial charge in [0.2, 0.25) is 0 Å². The smallest absolute Gasteiger partial charge is 0.496 e. The van der Waals surface area contributed by atoms with Crippen molar-refractivity contribution >= 4 is 11.5 Å². The molecule has 3 aromatic rings. The Bertz CT molecular complexity index is 1060. The van der Waals surface area contributed by atoms with Crippen molar-refractivity contribution < 1.29 is 22.6 Å². The van der Waals surface area contributed by atoms with Gasteiger partial charge in [0.15, 0.2) is 5.65 Å². The van der Waals surface area contributed by atoms with E-state index >= 15 is 0 Å². The minimum atomic E-state index is -4.78. The van der Waals surface area contributed by atoms with Crippen LogP contribution >= 0.6 is 0 Å². The van der Waals surface area contributed by atoms with Crippen molar-refractivity contribution in [3.8, 4) is 22.8 Å². The van der Waals surface area contributed by atoms with E-state index in [-0.39, 0.29) is 5.75 Å². The Morgan fingerprint density at radius 2 is 1.85 bits per heavy atom. The first kappa shape index (κ1) is 25.6. The van der Waals surface area contributed by atoms with E-state index in [0.29, 0.717) is 34.4 Å². The molecule has 1 N–H and O–H groups in total. The first-order valence-electron chi connectivity index (χ1n) is 11.5. The Morgan fingerprint density at radius 1 is 1.12 bits per heavy atom. The van der Waals surface area contributed by atoms with Gasteiger partial charge in [-0.15, -0.1) is 18.3 Å². The molecule has 0 bridgehead atoms. The van der Waals surface area contributed by atoms with Gasteiger partial charge < -0.3 is 19.7 Å². The number of nitrogens with one attached hydrogen (secondary N) is 1. The van der Waals surface area contributed by atoms with Crippen LogP contribution in [0.25, 0.3) is 16.9 Å². The molecule has 186 valence electrons. The molecule has 0 aliphatic carbocycles. The van der Waals surface area contributed by atoms with Crippen molar-refractivity contribution in [3.05, 3.63) is 36.5 Å². The topological polar surface area (TPSA) is 63.9 Å². The van der Waals surface area contributed by atoms with Crippen molar-refractivity contribution in [2.24, 2.45) is 5.92 Å². The molecule has 0 unspecified atom stereocenters. The summed E-state index contributed by atoms with van der Waals surface area (Å²) in [5.74, 6) is 1.43. The molecule has 10 heteroatoms. The molecule has 2 aromatic heterocycles. The van der Waals surface area contributed by atoms with Crippen LogP contribution in [0.1, 0.15) is 33.1 Å². The van der Waals surface area contributed by atoms with Crippen LogP contribution in [0, 0.1) is 5.92 Å². The van der Waals surface area contributed by atoms with Crippen LogP contribution in [-0.2, 0) is 0 Å². The van der Waals surface area contributed by atoms with E-state index in [9.17, 15) is 13.2 Å². The van der Waals surface area contributed by atoms with E-state index in [1.54, 1.807) is 10.7 Å². The Hall–Kier alpha value is -3.01. The van der Waals surface area contributed by atoms with Crippen LogP contribution in [0.5, 0.6) is 11.5 Å². The summed E-state index contributed by atoms with van der Waals surface area (Å²) in [5.41, 5.74) is 1.48. The summed E-state index contributed by atoms with van der Waals surface area (Å²) < 4.78 is 49.1. The lowest BCUT2D eigenvalue weighted by atomic mass is 9.94. The summed E-state index contributed by atoms with van der Waals surface area (Å²) in [6.45, 7) is 7.06. The van der Waals surface area contributed by atoms with Crippen molar-refractivity contribution in [2.45, 2.75) is 39.5 Å². The van der Waals surface area contributed by atoms with E-state index in [1.807, 2.05) is 26.0 Å². The first-order valence-corrected chi connectivity index (χ1v) is 11.5. The fraction of sp³-hybridized carbons (Fsp3) is 0.500. The van der Waals surface area contributed by atoms with Gasteiger partial charge in [0.1, 0.15) is 17.3 Å². The predicted molar refractivity (Wildman–Crippen MR) is 126 cm³/mol. The van der Waals surface area contributed by atoms with Crippen LogP contribution in [0.15, 0.2) is 36.5 Å². The Morgan fingerprint density at radius 3 is 2.53 bits per heavy atom. The van der Waals surface area contributed by atoms with Crippen LogP contribution in [0.4, 0.5) is 19.0 Å². The summed E-state index contributed by atoms with van der Waals surface area (Å²) in [7, 11) is 3.60. The number of anilines is 1. The quantitative estimate of drug-likeness (QED) is 0.485. The van der Waals surface area contributed by atoms with Gasteiger partial charge in [0.05, 0.1) is 19.0 Å². The average Bonchev–Trinajstić information content (AvgIpc) is 3.24. The molecule has 0 radical (unpaired) electrons. The first-order chi connectivity index (χ1) is 16.3. The molecule has 1 fully saturated rings. The third-order valence-corrected chi connectivity index (χ3v) is 5.74. The fourth-order valence-corrected chi connectivity index (χ4v) is 3.99. The number of benzene rings is 1. The number of hydrogen-bond acceptors (Lipinski definition) is 6. The number of rotatable bonds is 7. The molecule has 1 saturated heterocycles.